The number of nitrogens with one attached hydrogen (secondary N) is 1. The Bertz CT molecular complexity index is 1050. The minimum absolute atomic E-state index is 0. The summed E-state index contributed by atoms with van der Waals surface area (Å²) in [6, 6.07) is 19.2. The number of halogens is 1. The molecule has 0 spiro atoms. The van der Waals surface area contributed by atoms with Crippen LogP contribution >= 0.6 is 22.7 Å². The van der Waals surface area contributed by atoms with Crippen molar-refractivity contribution in [2.45, 2.75) is 0 Å². The molecule has 0 amide bonds. The molecule has 0 radical (unpaired) electrons. The molecule has 0 fully saturated rings. The fourth-order valence-electron chi connectivity index (χ4n) is 2.54. The Morgan fingerprint density at radius 2 is 1.58 bits per heavy atom. The molecule has 3 nitrogen and oxygen atoms in total. The maximum Gasteiger partial charge on any atom is 0.206 e. The van der Waals surface area contributed by atoms with Gasteiger partial charge >= 0.3 is 0 Å². The van der Waals surface area contributed by atoms with Crippen LogP contribution in [0.1, 0.15) is 15.2 Å². The monoisotopic (exact) mass is 371 g/mol. The Balaban J connectivity index is 0.00000169. The number of ketones is 1. The van der Waals surface area contributed by atoms with E-state index >= 15 is 0 Å². The van der Waals surface area contributed by atoms with Gasteiger partial charge in [0, 0.05) is 10.9 Å². The lowest BCUT2D eigenvalue weighted by Gasteiger charge is -1.98. The van der Waals surface area contributed by atoms with Crippen molar-refractivity contribution >= 4 is 33.3 Å². The van der Waals surface area contributed by atoms with Gasteiger partial charge in [0.25, 0.3) is 0 Å². The van der Waals surface area contributed by atoms with Crippen LogP contribution in [-0.4, -0.2) is 10.2 Å². The van der Waals surface area contributed by atoms with E-state index in [1.54, 1.807) is 0 Å². The summed E-state index contributed by atoms with van der Waals surface area (Å²) in [6.07, 6.45) is 0. The Hall–Kier alpha value is -2.21. The number of aromatic nitrogens is 1. The van der Waals surface area contributed by atoms with E-state index in [0.717, 1.165) is 16.1 Å². The first kappa shape index (κ1) is 16.6. The quantitative estimate of drug-likeness (QED) is 0.544. The van der Waals surface area contributed by atoms with Crippen LogP contribution in [0.5, 0.6) is 0 Å². The zero-order chi connectivity index (χ0) is 15.8. The molecule has 0 saturated heterocycles. The van der Waals surface area contributed by atoms with Crippen LogP contribution in [0.3, 0.4) is 0 Å². The van der Waals surface area contributed by atoms with E-state index in [4.69, 9.17) is 5.41 Å². The van der Waals surface area contributed by atoms with Gasteiger partial charge in [-0.05, 0) is 5.56 Å². The summed E-state index contributed by atoms with van der Waals surface area (Å²) in [5.74, 6) is -0.0203. The van der Waals surface area contributed by atoms with Crippen molar-refractivity contribution < 1.29 is 17.2 Å². The average Bonchev–Trinajstić information content (AvgIpc) is 3.17. The maximum absolute atomic E-state index is 12.7. The highest BCUT2D eigenvalue weighted by Crippen LogP contribution is 2.30. The number of carbonyl (C=O) groups excluding carboxylic acids is 1. The van der Waals surface area contributed by atoms with Gasteiger partial charge in [-0.15, -0.1) is 11.3 Å². The molecule has 0 saturated carbocycles. The number of fused-ring (bicyclic) bond motifs is 1. The molecular weight excluding hydrogens is 360 g/mol. The van der Waals surface area contributed by atoms with E-state index in [0.29, 0.717) is 15.2 Å². The largest absolute Gasteiger partial charge is 1.00 e. The fraction of sp³-hybridized carbons (Fsp3) is 0. The lowest BCUT2D eigenvalue weighted by Crippen LogP contribution is -3.00. The van der Waals surface area contributed by atoms with Gasteiger partial charge in [-0.1, -0.05) is 72.0 Å². The van der Waals surface area contributed by atoms with Crippen LogP contribution in [0.15, 0.2) is 66.0 Å². The van der Waals surface area contributed by atoms with Gasteiger partial charge in [0.05, 0.1) is 5.69 Å². The molecule has 120 valence electrons. The van der Waals surface area contributed by atoms with E-state index in [-0.39, 0.29) is 18.2 Å². The van der Waals surface area contributed by atoms with E-state index < -0.39 is 0 Å². The second-order valence-electron chi connectivity index (χ2n) is 5.06. The normalized spacial score (nSPS) is 10.5. The molecule has 24 heavy (non-hydrogen) atoms. The third-order valence-corrected chi connectivity index (χ3v) is 5.67. The van der Waals surface area contributed by atoms with Crippen molar-refractivity contribution in [1.29, 1.82) is 5.41 Å². The van der Waals surface area contributed by atoms with Crippen LogP contribution < -0.4 is 17.2 Å². The van der Waals surface area contributed by atoms with E-state index in [9.17, 15) is 4.79 Å². The van der Waals surface area contributed by atoms with Gasteiger partial charge in [0.1, 0.15) is 9.71 Å². The maximum atomic E-state index is 12.7. The standard InChI is InChI=1S/C18H12N2OS2.ClH/c19-18-20-14(12-7-3-1-4-8-12)11-22-17(20)16(23-18)15(21)13-9-5-2-6-10-13;/h1-11,19H;1H/p-1. The molecule has 1 N–H and O–H groups in total. The third-order valence-electron chi connectivity index (χ3n) is 3.63. The van der Waals surface area contributed by atoms with Gasteiger partial charge < -0.3 is 12.4 Å². The number of rotatable bonds is 3. The van der Waals surface area contributed by atoms with Gasteiger partial charge in [-0.2, -0.15) is 0 Å². The second kappa shape index (κ2) is 6.73. The van der Waals surface area contributed by atoms with E-state index in [1.807, 2.05) is 70.4 Å². The van der Waals surface area contributed by atoms with E-state index in [2.05, 4.69) is 0 Å². The van der Waals surface area contributed by atoms with Crippen LogP contribution in [0.4, 0.5) is 0 Å². The zero-order valence-electron chi connectivity index (χ0n) is 12.4. The number of hydrogen-bond acceptors (Lipinski definition) is 4. The summed E-state index contributed by atoms with van der Waals surface area (Å²) in [5, 5.41) is 10.3. The molecule has 4 rings (SSSR count). The summed E-state index contributed by atoms with van der Waals surface area (Å²) in [7, 11) is 0. The van der Waals surface area contributed by atoms with Crippen LogP contribution in [0.25, 0.3) is 16.1 Å². The molecule has 2 aromatic heterocycles. The predicted molar refractivity (Wildman–Crippen MR) is 94.3 cm³/mol. The molecule has 4 aromatic rings. The van der Waals surface area contributed by atoms with Crippen molar-refractivity contribution in [1.82, 2.24) is 4.40 Å². The summed E-state index contributed by atoms with van der Waals surface area (Å²) in [4.78, 5) is 14.6. The van der Waals surface area contributed by atoms with Gasteiger partial charge in [-0.25, -0.2) is 0 Å². The van der Waals surface area contributed by atoms with Gasteiger partial charge in [-0.3, -0.25) is 14.6 Å². The first-order valence-corrected chi connectivity index (χ1v) is 8.78. The van der Waals surface area contributed by atoms with Crippen molar-refractivity contribution in [3.05, 3.63) is 81.3 Å². The Labute approximate surface area is 152 Å². The zero-order valence-corrected chi connectivity index (χ0v) is 14.8. The highest BCUT2D eigenvalue weighted by atomic mass is 35.5. The summed E-state index contributed by atoms with van der Waals surface area (Å²) in [5.41, 5.74) is 2.67. The Morgan fingerprint density at radius 1 is 0.958 bits per heavy atom. The molecule has 2 heterocycles. The smallest absolute Gasteiger partial charge is 0.206 e. The molecule has 0 aliphatic carbocycles. The SMILES string of the molecule is N=c1sc(C(=O)c2ccccc2)c2scc(-c3ccccc3)n12.[Cl-]. The summed E-state index contributed by atoms with van der Waals surface area (Å²) in [6.45, 7) is 0. The summed E-state index contributed by atoms with van der Waals surface area (Å²) >= 11 is 2.75. The van der Waals surface area contributed by atoms with Crippen LogP contribution in [0, 0.1) is 5.41 Å². The van der Waals surface area contributed by atoms with E-state index in [1.165, 1.54) is 22.7 Å². The minimum atomic E-state index is -0.0203. The summed E-state index contributed by atoms with van der Waals surface area (Å²) < 4.78 is 1.86. The molecule has 0 aliphatic heterocycles. The highest BCUT2D eigenvalue weighted by Gasteiger charge is 2.19. The van der Waals surface area contributed by atoms with Crippen molar-refractivity contribution in [2.24, 2.45) is 0 Å². The number of thiazole rings is 2. The number of hydrogen-bond donors (Lipinski definition) is 1. The molecule has 6 heteroatoms. The lowest BCUT2D eigenvalue weighted by atomic mass is 10.1. The molecule has 0 aliphatic rings. The molecule has 0 unspecified atom stereocenters. The predicted octanol–water partition coefficient (Wildman–Crippen LogP) is 1.44. The average molecular weight is 372 g/mol. The second-order valence-corrected chi connectivity index (χ2v) is 6.92. The molecular formula is C18H12ClN2OS2-. The topological polar surface area (TPSA) is 45.3 Å². The molecule has 0 atom stereocenters. The number of nitrogens with zero attached hydrogens (tertiary/aromatic N) is 1. The first-order chi connectivity index (χ1) is 11.3. The van der Waals surface area contributed by atoms with Crippen molar-refractivity contribution in [2.75, 3.05) is 0 Å². The molecule has 0 bridgehead atoms. The van der Waals surface area contributed by atoms with Crippen molar-refractivity contribution in [3.63, 3.8) is 0 Å². The van der Waals surface area contributed by atoms with Crippen molar-refractivity contribution in [3.8, 4) is 11.3 Å². The third kappa shape index (κ3) is 2.71. The molecule has 2 aromatic carbocycles. The number of carbonyl (C=O) groups is 1. The Morgan fingerprint density at radius 3 is 2.25 bits per heavy atom. The van der Waals surface area contributed by atoms with Crippen LogP contribution in [0.2, 0.25) is 0 Å². The lowest BCUT2D eigenvalue weighted by molar-refractivity contribution is -0.0000119. The Kier molecular flexibility index (Phi) is 4.66. The van der Waals surface area contributed by atoms with Crippen LogP contribution in [-0.2, 0) is 0 Å². The first-order valence-electron chi connectivity index (χ1n) is 7.08. The van der Waals surface area contributed by atoms with Gasteiger partial charge in [0.2, 0.25) is 5.78 Å². The number of benzene rings is 2. The van der Waals surface area contributed by atoms with Gasteiger partial charge in [0.15, 0.2) is 4.80 Å². The minimum Gasteiger partial charge on any atom is -1.00 e. The fourth-order valence-corrected chi connectivity index (χ4v) is 4.69. The highest BCUT2D eigenvalue weighted by molar-refractivity contribution is 7.21.